The van der Waals surface area contributed by atoms with Gasteiger partial charge in [0.25, 0.3) is 17.7 Å². The molecule has 0 bridgehead atoms. The zero-order chi connectivity index (χ0) is 18.4. The molecule has 26 heavy (non-hydrogen) atoms. The molecule has 5 rings (SSSR count). The van der Waals surface area contributed by atoms with Crippen LogP contribution in [0.15, 0.2) is 36.4 Å². The van der Waals surface area contributed by atoms with Crippen LogP contribution in [0.5, 0.6) is 0 Å². The third-order valence-corrected chi connectivity index (χ3v) is 6.24. The Morgan fingerprint density at radius 2 is 1.77 bits per heavy atom. The molecule has 3 aliphatic carbocycles. The highest BCUT2D eigenvalue weighted by Gasteiger charge is 2.78. The number of nitrogens with zero attached hydrogens (tertiary/aromatic N) is 1. The average Bonchev–Trinajstić information content (AvgIpc) is 3.25. The number of fused-ring (bicyclic) bond motifs is 3. The Balaban J connectivity index is 1.34. The summed E-state index contributed by atoms with van der Waals surface area (Å²) in [6.45, 7) is 0. The lowest BCUT2D eigenvalue weighted by Crippen LogP contribution is -2.48. The number of allylic oxidation sites excluding steroid dienone is 2. The van der Waals surface area contributed by atoms with E-state index in [2.05, 4.69) is 11.5 Å². The van der Waals surface area contributed by atoms with Gasteiger partial charge in [-0.1, -0.05) is 12.2 Å². The van der Waals surface area contributed by atoms with Crippen molar-refractivity contribution >= 4 is 17.7 Å². The van der Waals surface area contributed by atoms with Gasteiger partial charge >= 0.3 is 6.18 Å². The first kappa shape index (κ1) is 15.6. The molecular weight excluding hydrogens is 349 g/mol. The van der Waals surface area contributed by atoms with Crippen LogP contribution in [0.25, 0.3) is 0 Å². The summed E-state index contributed by atoms with van der Waals surface area (Å²) >= 11 is 0. The van der Waals surface area contributed by atoms with Gasteiger partial charge in [-0.3, -0.25) is 19.8 Å². The minimum Gasteiger partial charge on any atom is -0.272 e. The maximum atomic E-state index is 12.6. The summed E-state index contributed by atoms with van der Waals surface area (Å²) in [5, 5.41) is 0.754. The van der Waals surface area contributed by atoms with Gasteiger partial charge in [0.05, 0.1) is 17.4 Å². The predicted octanol–water partition coefficient (Wildman–Crippen LogP) is 2.16. The Labute approximate surface area is 145 Å². The molecule has 1 aromatic carbocycles. The molecule has 3 amide bonds. The summed E-state index contributed by atoms with van der Waals surface area (Å²) in [5.74, 6) is -2.26. The molecule has 1 aromatic rings. The van der Waals surface area contributed by atoms with Crippen LogP contribution in [0, 0.1) is 29.1 Å². The third kappa shape index (κ3) is 1.79. The first-order chi connectivity index (χ1) is 12.2. The van der Waals surface area contributed by atoms with Crippen molar-refractivity contribution in [1.82, 2.24) is 10.4 Å². The third-order valence-electron chi connectivity index (χ3n) is 6.24. The summed E-state index contributed by atoms with van der Waals surface area (Å²) < 4.78 is 37.8. The van der Waals surface area contributed by atoms with Gasteiger partial charge in [-0.25, -0.2) is 0 Å². The minimum atomic E-state index is -4.50. The molecule has 3 fully saturated rings. The van der Waals surface area contributed by atoms with Crippen molar-refractivity contribution in [2.45, 2.75) is 12.6 Å². The highest BCUT2D eigenvalue weighted by atomic mass is 19.4. The van der Waals surface area contributed by atoms with Crippen LogP contribution in [0.2, 0.25) is 0 Å². The fourth-order valence-corrected chi connectivity index (χ4v) is 4.87. The number of benzene rings is 1. The predicted molar refractivity (Wildman–Crippen MR) is 80.9 cm³/mol. The van der Waals surface area contributed by atoms with E-state index in [0.717, 1.165) is 35.7 Å². The quantitative estimate of drug-likeness (QED) is 0.648. The molecule has 134 valence electrons. The number of imide groups is 1. The van der Waals surface area contributed by atoms with Crippen LogP contribution in [0.1, 0.15) is 22.3 Å². The molecule has 8 heteroatoms. The van der Waals surface area contributed by atoms with E-state index >= 15 is 0 Å². The summed E-state index contributed by atoms with van der Waals surface area (Å²) in [5.41, 5.74) is 1.35. The van der Waals surface area contributed by atoms with E-state index in [1.165, 1.54) is 0 Å². The van der Waals surface area contributed by atoms with Crippen molar-refractivity contribution in [2.24, 2.45) is 29.1 Å². The number of carbonyl (C=O) groups is 3. The molecule has 5 unspecified atom stereocenters. The monoisotopic (exact) mass is 362 g/mol. The van der Waals surface area contributed by atoms with Crippen LogP contribution in [0.4, 0.5) is 13.2 Å². The van der Waals surface area contributed by atoms with Crippen LogP contribution >= 0.6 is 0 Å². The van der Waals surface area contributed by atoms with Gasteiger partial charge in [0.2, 0.25) is 0 Å². The number of halogens is 3. The van der Waals surface area contributed by atoms with Crippen LogP contribution < -0.4 is 5.43 Å². The zero-order valence-electron chi connectivity index (χ0n) is 13.3. The largest absolute Gasteiger partial charge is 0.416 e. The van der Waals surface area contributed by atoms with Gasteiger partial charge in [-0.05, 0) is 47.9 Å². The van der Waals surface area contributed by atoms with E-state index < -0.39 is 41.3 Å². The van der Waals surface area contributed by atoms with E-state index in [-0.39, 0.29) is 22.8 Å². The van der Waals surface area contributed by atoms with Crippen molar-refractivity contribution in [3.05, 3.63) is 47.5 Å². The Morgan fingerprint density at radius 3 is 2.35 bits per heavy atom. The van der Waals surface area contributed by atoms with E-state index in [1.807, 2.05) is 6.08 Å². The summed E-state index contributed by atoms with van der Waals surface area (Å²) in [7, 11) is 0. The lowest BCUT2D eigenvalue weighted by molar-refractivity contribution is -0.143. The highest BCUT2D eigenvalue weighted by Crippen LogP contribution is 2.77. The standard InChI is InChI=1S/C18H13F3N2O3/c19-18(20,21)9-3-1-8(2-4-9)14(24)22-23-15(25)12-10-5-6-17(10)7-11(17)13(12)16(23)26/h1-6,10-13H,7H2,(H,22,24). The number of hydrogen-bond donors (Lipinski definition) is 1. The van der Waals surface area contributed by atoms with Crippen molar-refractivity contribution in [3.63, 3.8) is 0 Å². The molecular formula is C18H13F3N2O3. The molecule has 4 aliphatic rings. The normalized spacial score (nSPS) is 36.3. The van der Waals surface area contributed by atoms with Crippen molar-refractivity contribution in [3.8, 4) is 0 Å². The van der Waals surface area contributed by atoms with Gasteiger partial charge in [0, 0.05) is 5.56 Å². The van der Waals surface area contributed by atoms with Crippen LogP contribution in [-0.4, -0.2) is 22.7 Å². The van der Waals surface area contributed by atoms with Crippen molar-refractivity contribution < 1.29 is 27.6 Å². The molecule has 1 saturated heterocycles. The molecule has 1 aliphatic heterocycles. The Kier molecular flexibility index (Phi) is 2.73. The van der Waals surface area contributed by atoms with Gasteiger partial charge in [-0.15, -0.1) is 0 Å². The first-order valence-electron chi connectivity index (χ1n) is 8.29. The topological polar surface area (TPSA) is 66.5 Å². The van der Waals surface area contributed by atoms with Crippen LogP contribution in [0.3, 0.4) is 0 Å². The molecule has 5 nitrogen and oxygen atoms in total. The zero-order valence-corrected chi connectivity index (χ0v) is 13.3. The van der Waals surface area contributed by atoms with E-state index in [9.17, 15) is 27.6 Å². The van der Waals surface area contributed by atoms with Gasteiger partial charge in [0.15, 0.2) is 0 Å². The van der Waals surface area contributed by atoms with Crippen LogP contribution in [-0.2, 0) is 15.8 Å². The van der Waals surface area contributed by atoms with Gasteiger partial charge in [0.1, 0.15) is 0 Å². The number of nitrogens with one attached hydrogen (secondary N) is 1. The lowest BCUT2D eigenvalue weighted by Gasteiger charge is -2.30. The fraction of sp³-hybridized carbons (Fsp3) is 0.389. The Morgan fingerprint density at radius 1 is 1.12 bits per heavy atom. The van der Waals surface area contributed by atoms with Gasteiger partial charge in [-0.2, -0.15) is 18.2 Å². The molecule has 2 saturated carbocycles. The average molecular weight is 362 g/mol. The molecule has 1 spiro atoms. The number of amides is 3. The highest BCUT2D eigenvalue weighted by molar-refractivity contribution is 6.09. The van der Waals surface area contributed by atoms with E-state index in [1.54, 1.807) is 0 Å². The Bertz CT molecular complexity index is 892. The van der Waals surface area contributed by atoms with Crippen molar-refractivity contribution in [2.75, 3.05) is 0 Å². The molecule has 5 atom stereocenters. The number of alkyl halides is 3. The minimum absolute atomic E-state index is 0.0180. The van der Waals surface area contributed by atoms with E-state index in [4.69, 9.17) is 0 Å². The molecule has 1 N–H and O–H groups in total. The molecule has 0 radical (unpaired) electrons. The maximum absolute atomic E-state index is 12.6. The summed E-state index contributed by atoms with van der Waals surface area (Å²) in [4.78, 5) is 37.5. The Hall–Kier alpha value is -2.64. The SMILES string of the molecule is O=C(NN1C(=O)C2C(C1=O)C1CC13C=CC23)c1ccc(C(F)(F)F)cc1. The number of hydrazine groups is 1. The summed E-state index contributed by atoms with van der Waals surface area (Å²) in [6.07, 6.45) is 0.429. The molecule has 0 aromatic heterocycles. The maximum Gasteiger partial charge on any atom is 0.416 e. The summed E-state index contributed by atoms with van der Waals surface area (Å²) in [6, 6.07) is 3.61. The number of carbonyl (C=O) groups excluding carboxylic acids is 3. The number of rotatable bonds is 2. The fourth-order valence-electron chi connectivity index (χ4n) is 4.87. The second kappa shape index (κ2) is 4.55. The van der Waals surface area contributed by atoms with E-state index in [0.29, 0.717) is 0 Å². The number of hydrogen-bond acceptors (Lipinski definition) is 3. The smallest absolute Gasteiger partial charge is 0.272 e. The van der Waals surface area contributed by atoms with Gasteiger partial charge < -0.3 is 0 Å². The van der Waals surface area contributed by atoms with Crippen molar-refractivity contribution in [1.29, 1.82) is 0 Å². The lowest BCUT2D eigenvalue weighted by atomic mass is 9.74. The first-order valence-corrected chi connectivity index (χ1v) is 8.29. The second-order valence-corrected chi connectivity index (χ2v) is 7.39. The second-order valence-electron chi connectivity index (χ2n) is 7.39. The molecule has 1 heterocycles.